The van der Waals surface area contributed by atoms with Crippen LogP contribution < -0.4 is 16.0 Å². The lowest BCUT2D eigenvalue weighted by atomic mass is 9.96. The molecule has 1 unspecified atom stereocenters. The van der Waals surface area contributed by atoms with Crippen molar-refractivity contribution in [3.8, 4) is 5.75 Å². The van der Waals surface area contributed by atoms with Crippen molar-refractivity contribution >= 4 is 15.9 Å². The van der Waals surface area contributed by atoms with Gasteiger partial charge in [-0.15, -0.1) is 0 Å². The van der Waals surface area contributed by atoms with E-state index in [1.54, 1.807) is 12.1 Å². The molecular weight excluding hydrogens is 323 g/mol. The predicted molar refractivity (Wildman–Crippen MR) is 78.9 cm³/mol. The summed E-state index contributed by atoms with van der Waals surface area (Å²) in [5.41, 5.74) is 5.19. The van der Waals surface area contributed by atoms with Gasteiger partial charge in [-0.2, -0.15) is 0 Å². The first-order valence-electron chi connectivity index (χ1n) is 6.36. The van der Waals surface area contributed by atoms with Gasteiger partial charge in [-0.1, -0.05) is 40.2 Å². The van der Waals surface area contributed by atoms with Crippen LogP contribution >= 0.6 is 15.9 Å². The maximum absolute atomic E-state index is 14.2. The van der Waals surface area contributed by atoms with Crippen LogP contribution in [0.15, 0.2) is 40.9 Å². The minimum Gasteiger partial charge on any atom is -0.493 e. The molecule has 1 aliphatic rings. The van der Waals surface area contributed by atoms with E-state index in [0.717, 1.165) is 23.3 Å². The molecule has 0 radical (unpaired) electrons. The van der Waals surface area contributed by atoms with Crippen molar-refractivity contribution < 1.29 is 9.13 Å². The second-order valence-corrected chi connectivity index (χ2v) is 5.62. The first kappa shape index (κ1) is 13.5. The third kappa shape index (κ3) is 2.32. The number of hydrogen-bond donors (Lipinski definition) is 2. The maximum atomic E-state index is 14.2. The van der Waals surface area contributed by atoms with Gasteiger partial charge in [0.1, 0.15) is 11.6 Å². The fourth-order valence-corrected chi connectivity index (χ4v) is 2.88. The Bertz CT molecular complexity index is 648. The van der Waals surface area contributed by atoms with Gasteiger partial charge in [0, 0.05) is 22.0 Å². The van der Waals surface area contributed by atoms with Crippen molar-refractivity contribution in [2.75, 3.05) is 6.61 Å². The van der Waals surface area contributed by atoms with Crippen molar-refractivity contribution in [1.29, 1.82) is 0 Å². The first-order valence-corrected chi connectivity index (χ1v) is 7.15. The van der Waals surface area contributed by atoms with Crippen molar-refractivity contribution in [1.82, 2.24) is 5.43 Å². The van der Waals surface area contributed by atoms with Crippen LogP contribution in [0.4, 0.5) is 4.39 Å². The van der Waals surface area contributed by atoms with Crippen molar-refractivity contribution in [2.24, 2.45) is 5.84 Å². The van der Waals surface area contributed by atoms with Crippen LogP contribution in [-0.4, -0.2) is 6.61 Å². The van der Waals surface area contributed by atoms with Gasteiger partial charge < -0.3 is 4.74 Å². The molecule has 104 valence electrons. The summed E-state index contributed by atoms with van der Waals surface area (Å²) in [4.78, 5) is 0. The molecular formula is C15H14BrFN2O. The molecule has 3 N–H and O–H groups in total. The third-order valence-electron chi connectivity index (χ3n) is 3.50. The van der Waals surface area contributed by atoms with Crippen LogP contribution in [-0.2, 0) is 6.42 Å². The highest BCUT2D eigenvalue weighted by Gasteiger charge is 2.24. The topological polar surface area (TPSA) is 47.3 Å². The van der Waals surface area contributed by atoms with Crippen LogP contribution in [0, 0.1) is 5.82 Å². The van der Waals surface area contributed by atoms with E-state index in [-0.39, 0.29) is 5.82 Å². The van der Waals surface area contributed by atoms with Gasteiger partial charge in [0.2, 0.25) is 0 Å². The largest absolute Gasteiger partial charge is 0.493 e. The summed E-state index contributed by atoms with van der Waals surface area (Å²) in [6.07, 6.45) is 0.878. The van der Waals surface area contributed by atoms with E-state index in [2.05, 4.69) is 21.4 Å². The van der Waals surface area contributed by atoms with E-state index >= 15 is 0 Å². The van der Waals surface area contributed by atoms with E-state index in [4.69, 9.17) is 10.6 Å². The molecule has 0 amide bonds. The van der Waals surface area contributed by atoms with E-state index in [9.17, 15) is 4.39 Å². The van der Waals surface area contributed by atoms with Gasteiger partial charge in [0.15, 0.2) is 0 Å². The predicted octanol–water partition coefficient (Wildman–Crippen LogP) is 3.08. The zero-order valence-corrected chi connectivity index (χ0v) is 12.3. The Labute approximate surface area is 125 Å². The lowest BCUT2D eigenvalue weighted by Crippen LogP contribution is -2.29. The monoisotopic (exact) mass is 336 g/mol. The number of benzene rings is 2. The Morgan fingerprint density at radius 2 is 2.10 bits per heavy atom. The van der Waals surface area contributed by atoms with Gasteiger partial charge in [-0.25, -0.2) is 9.82 Å². The third-order valence-corrected chi connectivity index (χ3v) is 3.99. The molecule has 2 aromatic carbocycles. The summed E-state index contributed by atoms with van der Waals surface area (Å²) in [5.74, 6) is 6.16. The van der Waals surface area contributed by atoms with Crippen LogP contribution in [0.5, 0.6) is 5.75 Å². The fraction of sp³-hybridized carbons (Fsp3) is 0.200. The minimum absolute atomic E-state index is 0.307. The molecule has 0 fully saturated rings. The van der Waals surface area contributed by atoms with E-state index in [1.165, 1.54) is 6.07 Å². The lowest BCUT2D eigenvalue weighted by Gasteiger charge is -2.20. The molecule has 5 heteroatoms. The average Bonchev–Trinajstić information content (AvgIpc) is 2.91. The molecule has 0 saturated carbocycles. The number of fused-ring (bicyclic) bond motifs is 1. The summed E-state index contributed by atoms with van der Waals surface area (Å²) in [6.45, 7) is 0.659. The SMILES string of the molecule is NNC(c1ccc(Br)cc1F)c1cccc2c1OCC2. The molecule has 0 saturated heterocycles. The first-order chi connectivity index (χ1) is 9.70. The number of rotatable bonds is 3. The molecule has 1 atom stereocenters. The molecule has 3 rings (SSSR count). The minimum atomic E-state index is -0.434. The Hall–Kier alpha value is -1.43. The Morgan fingerprint density at radius 1 is 1.25 bits per heavy atom. The maximum Gasteiger partial charge on any atom is 0.129 e. The number of hydrogen-bond acceptors (Lipinski definition) is 3. The Morgan fingerprint density at radius 3 is 2.85 bits per heavy atom. The molecule has 20 heavy (non-hydrogen) atoms. The highest BCUT2D eigenvalue weighted by atomic mass is 79.9. The molecule has 3 nitrogen and oxygen atoms in total. The van der Waals surface area contributed by atoms with Gasteiger partial charge in [-0.05, 0) is 17.7 Å². The Balaban J connectivity index is 2.09. The van der Waals surface area contributed by atoms with E-state index in [0.29, 0.717) is 16.6 Å². The smallest absolute Gasteiger partial charge is 0.129 e. The summed E-state index contributed by atoms with van der Waals surface area (Å²) < 4.78 is 20.5. The molecule has 0 aromatic heterocycles. The summed E-state index contributed by atoms with van der Waals surface area (Å²) in [6, 6.07) is 10.4. The Kier molecular flexibility index (Phi) is 3.74. The summed E-state index contributed by atoms with van der Waals surface area (Å²) in [5, 5.41) is 0. The van der Waals surface area contributed by atoms with Gasteiger partial charge in [-0.3, -0.25) is 5.84 Å². The van der Waals surface area contributed by atoms with Crippen LogP contribution in [0.3, 0.4) is 0 Å². The van der Waals surface area contributed by atoms with E-state index < -0.39 is 6.04 Å². The number of hydrazine groups is 1. The second-order valence-electron chi connectivity index (χ2n) is 4.70. The van der Waals surface area contributed by atoms with Gasteiger partial charge >= 0.3 is 0 Å². The van der Waals surface area contributed by atoms with Gasteiger partial charge in [0.05, 0.1) is 12.6 Å². The number of halogens is 2. The zero-order chi connectivity index (χ0) is 14.1. The zero-order valence-electron chi connectivity index (χ0n) is 10.7. The molecule has 0 aliphatic carbocycles. The molecule has 0 spiro atoms. The molecule has 1 heterocycles. The average molecular weight is 337 g/mol. The normalized spacial score (nSPS) is 14.8. The van der Waals surface area contributed by atoms with Crippen molar-refractivity contribution in [3.63, 3.8) is 0 Å². The second kappa shape index (κ2) is 5.52. The molecule has 2 aromatic rings. The number of nitrogens with two attached hydrogens (primary N) is 1. The molecule has 0 bridgehead atoms. The number of ether oxygens (including phenoxy) is 1. The van der Waals surface area contributed by atoms with E-state index in [1.807, 2.05) is 18.2 Å². The summed E-state index contributed by atoms with van der Waals surface area (Å²) in [7, 11) is 0. The fourth-order valence-electron chi connectivity index (χ4n) is 2.55. The number of para-hydroxylation sites is 1. The van der Waals surface area contributed by atoms with Crippen LogP contribution in [0.1, 0.15) is 22.7 Å². The van der Waals surface area contributed by atoms with Crippen molar-refractivity contribution in [2.45, 2.75) is 12.5 Å². The quantitative estimate of drug-likeness (QED) is 0.668. The van der Waals surface area contributed by atoms with Gasteiger partial charge in [0.25, 0.3) is 0 Å². The standard InChI is InChI=1S/C15H14BrFN2O/c16-10-4-5-11(13(17)8-10)14(19-18)12-3-1-2-9-6-7-20-15(9)12/h1-5,8,14,19H,6-7,18H2. The molecule has 1 aliphatic heterocycles. The number of nitrogens with one attached hydrogen (secondary N) is 1. The lowest BCUT2D eigenvalue weighted by molar-refractivity contribution is 0.350. The van der Waals surface area contributed by atoms with Crippen molar-refractivity contribution in [3.05, 3.63) is 63.4 Å². The highest BCUT2D eigenvalue weighted by molar-refractivity contribution is 9.10. The van der Waals surface area contributed by atoms with Crippen LogP contribution in [0.2, 0.25) is 0 Å². The highest BCUT2D eigenvalue weighted by Crippen LogP contribution is 2.36. The summed E-state index contributed by atoms with van der Waals surface area (Å²) >= 11 is 3.26. The van der Waals surface area contributed by atoms with Crippen LogP contribution in [0.25, 0.3) is 0 Å².